The van der Waals surface area contributed by atoms with Crippen LogP contribution in [0.2, 0.25) is 0 Å². The number of rotatable bonds is 4. The number of nitrogens with one attached hydrogen (secondary N) is 1. The molecule has 0 saturated heterocycles. The van der Waals surface area contributed by atoms with Crippen LogP contribution in [0.25, 0.3) is 0 Å². The zero-order valence-corrected chi connectivity index (χ0v) is 10.5. The minimum absolute atomic E-state index is 0.112. The normalized spacial score (nSPS) is 9.90. The Morgan fingerprint density at radius 2 is 1.81 bits per heavy atom. The molecule has 0 aliphatic carbocycles. The minimum Gasteiger partial charge on any atom is -0.477 e. The van der Waals surface area contributed by atoms with Gasteiger partial charge in [-0.05, 0) is 24.3 Å². The van der Waals surface area contributed by atoms with Gasteiger partial charge in [0.1, 0.15) is 5.69 Å². The number of hydrogen-bond acceptors (Lipinski definition) is 5. The lowest BCUT2D eigenvalue weighted by Gasteiger charge is -2.05. The smallest absolute Gasteiger partial charge is 0.354 e. The molecule has 1 amide bonds. The van der Waals surface area contributed by atoms with Gasteiger partial charge in [0.15, 0.2) is 0 Å². The molecule has 0 unspecified atom stereocenters. The molecule has 2 rings (SSSR count). The standard InChI is InChI=1S/C13H9N3O5/c17-12(8-1-4-10(5-2-8)16(20)21)15-9-3-6-11(13(18)19)14-7-9/h1-7H,(H,15,17)(H,18,19). The van der Waals surface area contributed by atoms with E-state index >= 15 is 0 Å². The fourth-order valence-corrected chi connectivity index (χ4v) is 1.53. The molecule has 1 heterocycles. The zero-order chi connectivity index (χ0) is 15.4. The van der Waals surface area contributed by atoms with E-state index in [1.165, 1.54) is 42.6 Å². The average molecular weight is 287 g/mol. The molecule has 106 valence electrons. The van der Waals surface area contributed by atoms with Crippen molar-refractivity contribution in [3.63, 3.8) is 0 Å². The second kappa shape index (κ2) is 5.78. The number of hydrogen-bond donors (Lipinski definition) is 2. The molecule has 8 heteroatoms. The Balaban J connectivity index is 2.10. The monoisotopic (exact) mass is 287 g/mol. The largest absolute Gasteiger partial charge is 0.477 e. The van der Waals surface area contributed by atoms with Crippen molar-refractivity contribution in [2.45, 2.75) is 0 Å². The first-order valence-electron chi connectivity index (χ1n) is 5.72. The molecule has 21 heavy (non-hydrogen) atoms. The van der Waals surface area contributed by atoms with Crippen molar-refractivity contribution in [3.05, 3.63) is 64.0 Å². The number of carbonyl (C=O) groups excluding carboxylic acids is 1. The molecular formula is C13H9N3O5. The maximum absolute atomic E-state index is 11.9. The zero-order valence-electron chi connectivity index (χ0n) is 10.5. The van der Waals surface area contributed by atoms with Crippen molar-refractivity contribution in [1.29, 1.82) is 0 Å². The molecule has 0 aliphatic rings. The first kappa shape index (κ1) is 14.1. The van der Waals surface area contributed by atoms with Gasteiger partial charge in [-0.2, -0.15) is 0 Å². The fourth-order valence-electron chi connectivity index (χ4n) is 1.53. The van der Waals surface area contributed by atoms with Crippen LogP contribution in [0.4, 0.5) is 11.4 Å². The van der Waals surface area contributed by atoms with Crippen LogP contribution in [0.15, 0.2) is 42.6 Å². The Labute approximate surface area is 118 Å². The topological polar surface area (TPSA) is 122 Å². The fraction of sp³-hybridized carbons (Fsp3) is 0. The summed E-state index contributed by atoms with van der Waals surface area (Å²) >= 11 is 0. The van der Waals surface area contributed by atoms with Gasteiger partial charge < -0.3 is 10.4 Å². The minimum atomic E-state index is -1.16. The summed E-state index contributed by atoms with van der Waals surface area (Å²) in [6, 6.07) is 7.76. The van der Waals surface area contributed by atoms with Crippen LogP contribution in [0.3, 0.4) is 0 Å². The van der Waals surface area contributed by atoms with Crippen molar-refractivity contribution >= 4 is 23.3 Å². The van der Waals surface area contributed by atoms with Gasteiger partial charge >= 0.3 is 5.97 Å². The van der Waals surface area contributed by atoms with E-state index in [2.05, 4.69) is 10.3 Å². The summed E-state index contributed by atoms with van der Waals surface area (Å²) in [5.41, 5.74) is 0.314. The summed E-state index contributed by atoms with van der Waals surface area (Å²) in [6.45, 7) is 0. The summed E-state index contributed by atoms with van der Waals surface area (Å²) in [5, 5.41) is 21.7. The van der Waals surface area contributed by atoms with E-state index in [0.717, 1.165) is 0 Å². The summed E-state index contributed by atoms with van der Waals surface area (Å²) in [4.78, 5) is 36.1. The number of benzene rings is 1. The van der Waals surface area contributed by atoms with Crippen molar-refractivity contribution < 1.29 is 19.6 Å². The van der Waals surface area contributed by atoms with Gasteiger partial charge in [-0.3, -0.25) is 14.9 Å². The highest BCUT2D eigenvalue weighted by atomic mass is 16.6. The highest BCUT2D eigenvalue weighted by Crippen LogP contribution is 2.14. The molecule has 1 aromatic carbocycles. The summed E-state index contributed by atoms with van der Waals surface area (Å²) in [7, 11) is 0. The number of nitro benzene ring substituents is 1. The molecule has 0 aliphatic heterocycles. The highest BCUT2D eigenvalue weighted by molar-refractivity contribution is 6.04. The number of aromatic nitrogens is 1. The van der Waals surface area contributed by atoms with E-state index in [1.54, 1.807) is 0 Å². The molecule has 0 bridgehead atoms. The van der Waals surface area contributed by atoms with E-state index in [1.807, 2.05) is 0 Å². The van der Waals surface area contributed by atoms with Crippen LogP contribution in [0.5, 0.6) is 0 Å². The lowest BCUT2D eigenvalue weighted by Crippen LogP contribution is -2.12. The van der Waals surface area contributed by atoms with Crippen LogP contribution in [0.1, 0.15) is 20.8 Å². The van der Waals surface area contributed by atoms with E-state index < -0.39 is 16.8 Å². The first-order valence-corrected chi connectivity index (χ1v) is 5.72. The van der Waals surface area contributed by atoms with Crippen molar-refractivity contribution in [2.24, 2.45) is 0 Å². The molecule has 1 aromatic heterocycles. The molecule has 8 nitrogen and oxygen atoms in total. The van der Waals surface area contributed by atoms with E-state index in [-0.39, 0.29) is 16.9 Å². The van der Waals surface area contributed by atoms with Crippen LogP contribution in [-0.2, 0) is 0 Å². The maximum Gasteiger partial charge on any atom is 0.354 e. The number of aromatic carboxylic acids is 1. The third-order valence-electron chi connectivity index (χ3n) is 2.58. The van der Waals surface area contributed by atoms with Crippen LogP contribution in [-0.4, -0.2) is 26.9 Å². The molecular weight excluding hydrogens is 278 g/mol. The van der Waals surface area contributed by atoms with Crippen molar-refractivity contribution in [1.82, 2.24) is 4.98 Å². The third kappa shape index (κ3) is 3.38. The number of nitrogens with zero attached hydrogens (tertiary/aromatic N) is 2. The number of carboxylic acid groups (broad SMARTS) is 1. The molecule has 0 atom stereocenters. The molecule has 2 aromatic rings. The molecule has 2 N–H and O–H groups in total. The van der Waals surface area contributed by atoms with Gasteiger partial charge in [0.2, 0.25) is 0 Å². The van der Waals surface area contributed by atoms with Crippen LogP contribution in [0, 0.1) is 10.1 Å². The second-order valence-electron chi connectivity index (χ2n) is 4.00. The quantitative estimate of drug-likeness (QED) is 0.654. The summed E-state index contributed by atoms with van der Waals surface area (Å²) in [5.74, 6) is -1.64. The number of anilines is 1. The molecule has 0 spiro atoms. The number of pyridine rings is 1. The summed E-state index contributed by atoms with van der Waals surface area (Å²) in [6.07, 6.45) is 1.22. The Hall–Kier alpha value is -3.29. The number of nitro groups is 1. The number of carboxylic acids is 1. The van der Waals surface area contributed by atoms with Crippen molar-refractivity contribution in [2.75, 3.05) is 5.32 Å². The van der Waals surface area contributed by atoms with Gasteiger partial charge in [-0.25, -0.2) is 9.78 Å². The highest BCUT2D eigenvalue weighted by Gasteiger charge is 2.10. The molecule has 0 radical (unpaired) electrons. The van der Waals surface area contributed by atoms with Crippen LogP contribution < -0.4 is 5.32 Å². The lowest BCUT2D eigenvalue weighted by atomic mass is 10.2. The SMILES string of the molecule is O=C(Nc1ccc(C(=O)O)nc1)c1ccc([N+](=O)[O-])cc1. The van der Waals surface area contributed by atoms with E-state index in [4.69, 9.17) is 5.11 Å². The van der Waals surface area contributed by atoms with Gasteiger partial charge in [0.25, 0.3) is 11.6 Å². The molecule has 0 saturated carbocycles. The van der Waals surface area contributed by atoms with Gasteiger partial charge in [-0.1, -0.05) is 0 Å². The Kier molecular flexibility index (Phi) is 3.89. The Morgan fingerprint density at radius 1 is 1.14 bits per heavy atom. The average Bonchev–Trinajstić information content (AvgIpc) is 2.47. The predicted octanol–water partition coefficient (Wildman–Crippen LogP) is 1.94. The molecule has 0 fully saturated rings. The Morgan fingerprint density at radius 3 is 2.29 bits per heavy atom. The number of carbonyl (C=O) groups is 2. The van der Waals surface area contributed by atoms with Gasteiger partial charge in [-0.15, -0.1) is 0 Å². The van der Waals surface area contributed by atoms with E-state index in [0.29, 0.717) is 5.69 Å². The third-order valence-corrected chi connectivity index (χ3v) is 2.58. The van der Waals surface area contributed by atoms with Crippen LogP contribution >= 0.6 is 0 Å². The lowest BCUT2D eigenvalue weighted by molar-refractivity contribution is -0.384. The van der Waals surface area contributed by atoms with Gasteiger partial charge in [0.05, 0.1) is 16.8 Å². The van der Waals surface area contributed by atoms with Gasteiger partial charge in [0, 0.05) is 17.7 Å². The van der Waals surface area contributed by atoms with E-state index in [9.17, 15) is 19.7 Å². The number of non-ortho nitro benzene ring substituents is 1. The number of amides is 1. The second-order valence-corrected chi connectivity index (χ2v) is 4.00. The van der Waals surface area contributed by atoms with Crippen molar-refractivity contribution in [3.8, 4) is 0 Å². The Bertz CT molecular complexity index is 695. The predicted molar refractivity (Wildman–Crippen MR) is 72.2 cm³/mol. The maximum atomic E-state index is 11.9. The summed E-state index contributed by atoms with van der Waals surface area (Å²) < 4.78 is 0. The first-order chi connectivity index (χ1) is 9.97.